The van der Waals surface area contributed by atoms with Crippen LogP contribution in [0.3, 0.4) is 0 Å². The molecule has 0 bridgehead atoms. The van der Waals surface area contributed by atoms with Crippen molar-refractivity contribution in [3.05, 3.63) is 70.9 Å². The highest BCUT2D eigenvalue weighted by atomic mass is 19.1. The van der Waals surface area contributed by atoms with Crippen molar-refractivity contribution in [2.75, 3.05) is 0 Å². The molecule has 0 heterocycles. The van der Waals surface area contributed by atoms with Gasteiger partial charge in [-0.15, -0.1) is 0 Å². The van der Waals surface area contributed by atoms with Crippen molar-refractivity contribution in [2.24, 2.45) is 0 Å². The number of halogens is 1. The Bertz CT molecular complexity index is 522. The van der Waals surface area contributed by atoms with Crippen molar-refractivity contribution in [1.29, 1.82) is 0 Å². The molecule has 0 fully saturated rings. The lowest BCUT2D eigenvalue weighted by atomic mass is 9.95. The summed E-state index contributed by atoms with van der Waals surface area (Å²) in [4.78, 5) is 0. The third-order valence-corrected chi connectivity index (χ3v) is 3.71. The van der Waals surface area contributed by atoms with E-state index in [0.29, 0.717) is 5.57 Å². The summed E-state index contributed by atoms with van der Waals surface area (Å²) in [6.45, 7) is 15.4. The van der Waals surface area contributed by atoms with E-state index in [1.54, 1.807) is 0 Å². The Balaban J connectivity index is 2.97. The zero-order valence-electron chi connectivity index (χ0n) is 13.1. The van der Waals surface area contributed by atoms with Gasteiger partial charge in [-0.05, 0) is 62.8 Å². The molecule has 0 radical (unpaired) electrons. The van der Waals surface area contributed by atoms with E-state index >= 15 is 0 Å². The molecule has 1 rings (SSSR count). The second-order valence-corrected chi connectivity index (χ2v) is 5.52. The molecule has 0 saturated carbocycles. The Kier molecular flexibility index (Phi) is 5.94. The minimum absolute atomic E-state index is 0.580. The molecule has 0 saturated heterocycles. The van der Waals surface area contributed by atoms with Crippen LogP contribution >= 0.6 is 0 Å². The fraction of sp³-hybridized carbons (Fsp3) is 0.368. The quantitative estimate of drug-likeness (QED) is 0.537. The number of hydrogen-bond acceptors (Lipinski definition) is 0. The zero-order valence-corrected chi connectivity index (χ0v) is 13.1. The summed E-state index contributed by atoms with van der Waals surface area (Å²) in [5, 5.41) is 0. The van der Waals surface area contributed by atoms with E-state index in [1.807, 2.05) is 20.8 Å². The summed E-state index contributed by atoms with van der Waals surface area (Å²) in [6.07, 6.45) is 9.40. The van der Waals surface area contributed by atoms with E-state index in [-0.39, 0.29) is 0 Å². The summed E-state index contributed by atoms with van der Waals surface area (Å²) >= 11 is 0. The summed E-state index contributed by atoms with van der Waals surface area (Å²) in [5.74, 6) is 0. The Morgan fingerprint density at radius 1 is 1.30 bits per heavy atom. The molecule has 108 valence electrons. The van der Waals surface area contributed by atoms with Gasteiger partial charge in [0.2, 0.25) is 0 Å². The maximum atomic E-state index is 13.3. The predicted molar refractivity (Wildman–Crippen MR) is 87.4 cm³/mol. The van der Waals surface area contributed by atoms with Crippen molar-refractivity contribution >= 4 is 0 Å². The van der Waals surface area contributed by atoms with Gasteiger partial charge in [-0.3, -0.25) is 0 Å². The highest BCUT2D eigenvalue weighted by Crippen LogP contribution is 2.26. The van der Waals surface area contributed by atoms with Crippen LogP contribution < -0.4 is 0 Å². The van der Waals surface area contributed by atoms with Gasteiger partial charge in [-0.2, -0.15) is 0 Å². The molecule has 0 aliphatic heterocycles. The lowest BCUT2D eigenvalue weighted by Crippen LogP contribution is -2.01. The van der Waals surface area contributed by atoms with Crippen molar-refractivity contribution < 1.29 is 4.39 Å². The van der Waals surface area contributed by atoms with Gasteiger partial charge >= 0.3 is 0 Å². The maximum absolute atomic E-state index is 13.3. The normalized spacial score (nSPS) is 17.6. The van der Waals surface area contributed by atoms with Gasteiger partial charge in [0, 0.05) is 0 Å². The first-order chi connectivity index (χ1) is 9.32. The summed E-state index contributed by atoms with van der Waals surface area (Å²) < 4.78 is 13.3. The van der Waals surface area contributed by atoms with E-state index in [4.69, 9.17) is 0 Å². The van der Waals surface area contributed by atoms with Gasteiger partial charge < -0.3 is 0 Å². The van der Waals surface area contributed by atoms with E-state index in [2.05, 4.69) is 37.5 Å². The molecule has 0 nitrogen and oxygen atoms in total. The molecule has 1 atom stereocenters. The molecular weight excluding hydrogens is 247 g/mol. The van der Waals surface area contributed by atoms with Gasteiger partial charge in [0.1, 0.15) is 6.17 Å². The standard InChI is InChI=1S/C19H25F/c1-13(2)19-10-8-7-9-18(12-19)11-14(3)15(4)16(5)17(6)20/h7,9-10,12,17H,1,5,8,11H2,2-4,6H3/b15-14-. The van der Waals surface area contributed by atoms with Gasteiger partial charge in [0.25, 0.3) is 0 Å². The SMILES string of the molecule is C=C(C)C1=CCC=CC(C/C(C)=C(/C)C(=C)C(C)F)=C1. The van der Waals surface area contributed by atoms with Crippen molar-refractivity contribution in [3.8, 4) is 0 Å². The van der Waals surface area contributed by atoms with E-state index in [9.17, 15) is 4.39 Å². The van der Waals surface area contributed by atoms with Crippen LogP contribution in [0.2, 0.25) is 0 Å². The van der Waals surface area contributed by atoms with Gasteiger partial charge in [0.15, 0.2) is 0 Å². The van der Waals surface area contributed by atoms with Crippen molar-refractivity contribution in [1.82, 2.24) is 0 Å². The molecule has 0 aromatic rings. The van der Waals surface area contributed by atoms with E-state index in [0.717, 1.165) is 24.0 Å². The third-order valence-electron chi connectivity index (χ3n) is 3.71. The first kappa shape index (κ1) is 16.4. The Morgan fingerprint density at radius 2 is 1.95 bits per heavy atom. The molecule has 0 N–H and O–H groups in total. The van der Waals surface area contributed by atoms with Gasteiger partial charge in [-0.1, -0.05) is 48.6 Å². The van der Waals surface area contributed by atoms with Crippen molar-refractivity contribution in [2.45, 2.75) is 46.7 Å². The van der Waals surface area contributed by atoms with E-state index in [1.165, 1.54) is 23.6 Å². The minimum atomic E-state index is -0.991. The molecule has 0 aromatic heterocycles. The van der Waals surface area contributed by atoms with Crippen LogP contribution in [0.1, 0.15) is 40.5 Å². The number of rotatable bonds is 5. The van der Waals surface area contributed by atoms with Crippen LogP contribution in [-0.2, 0) is 0 Å². The maximum Gasteiger partial charge on any atom is 0.122 e. The summed E-state index contributed by atoms with van der Waals surface area (Å²) in [7, 11) is 0. The molecule has 1 heteroatoms. The number of allylic oxidation sites excluding steroid dienone is 10. The first-order valence-electron chi connectivity index (χ1n) is 7.05. The number of alkyl halides is 1. The molecular formula is C19H25F. The van der Waals surface area contributed by atoms with Crippen LogP contribution in [0.15, 0.2) is 70.9 Å². The van der Waals surface area contributed by atoms with Crippen LogP contribution in [-0.4, -0.2) is 6.17 Å². The first-order valence-corrected chi connectivity index (χ1v) is 7.05. The second-order valence-electron chi connectivity index (χ2n) is 5.52. The fourth-order valence-electron chi connectivity index (χ4n) is 2.14. The Labute approximate surface area is 122 Å². The average molecular weight is 272 g/mol. The van der Waals surface area contributed by atoms with E-state index < -0.39 is 6.17 Å². The zero-order chi connectivity index (χ0) is 15.3. The monoisotopic (exact) mass is 272 g/mol. The second kappa shape index (κ2) is 7.23. The van der Waals surface area contributed by atoms with Crippen LogP contribution in [0.25, 0.3) is 0 Å². The topological polar surface area (TPSA) is 0 Å². The average Bonchev–Trinajstić information content (AvgIpc) is 2.62. The van der Waals surface area contributed by atoms with Crippen LogP contribution in [0, 0.1) is 0 Å². The lowest BCUT2D eigenvalue weighted by molar-refractivity contribution is 0.415. The highest BCUT2D eigenvalue weighted by Gasteiger charge is 2.10. The lowest BCUT2D eigenvalue weighted by Gasteiger charge is -2.13. The third kappa shape index (κ3) is 4.48. The molecule has 0 aromatic carbocycles. The molecule has 1 aliphatic rings. The highest BCUT2D eigenvalue weighted by molar-refractivity contribution is 5.45. The largest absolute Gasteiger partial charge is 0.243 e. The molecule has 1 aliphatic carbocycles. The Hall–Kier alpha value is -1.63. The Morgan fingerprint density at radius 3 is 2.50 bits per heavy atom. The predicted octanol–water partition coefficient (Wildman–Crippen LogP) is 6.02. The summed E-state index contributed by atoms with van der Waals surface area (Å²) in [6, 6.07) is 0. The molecule has 0 spiro atoms. The van der Waals surface area contributed by atoms with Gasteiger partial charge in [0.05, 0.1) is 0 Å². The minimum Gasteiger partial charge on any atom is -0.243 e. The van der Waals surface area contributed by atoms with Crippen molar-refractivity contribution in [3.63, 3.8) is 0 Å². The number of hydrogen-bond donors (Lipinski definition) is 0. The fourth-order valence-corrected chi connectivity index (χ4v) is 2.14. The molecule has 20 heavy (non-hydrogen) atoms. The smallest absolute Gasteiger partial charge is 0.122 e. The van der Waals surface area contributed by atoms with Crippen LogP contribution in [0.5, 0.6) is 0 Å². The summed E-state index contributed by atoms with van der Waals surface area (Å²) in [5.41, 5.74) is 6.21. The molecule has 0 amide bonds. The van der Waals surface area contributed by atoms with Gasteiger partial charge in [-0.25, -0.2) is 4.39 Å². The van der Waals surface area contributed by atoms with Crippen LogP contribution in [0.4, 0.5) is 4.39 Å². The molecule has 1 unspecified atom stereocenters.